The predicted molar refractivity (Wildman–Crippen MR) is 78.9 cm³/mol. The van der Waals surface area contributed by atoms with Crippen LogP contribution < -0.4 is 14.8 Å². The molecule has 1 fully saturated rings. The quantitative estimate of drug-likeness (QED) is 0.869. The van der Waals surface area contributed by atoms with E-state index in [1.807, 2.05) is 0 Å². The molecule has 1 aliphatic carbocycles. The summed E-state index contributed by atoms with van der Waals surface area (Å²) in [5.74, 6) is 1.12. The SMILES string of the molecule is COc1cc(OC)cc(C(=O)NC2CCC(Cl)CC2)c1. The average Bonchev–Trinajstić information content (AvgIpc) is 2.48. The summed E-state index contributed by atoms with van der Waals surface area (Å²) in [6.07, 6.45) is 3.77. The van der Waals surface area contributed by atoms with Crippen LogP contribution in [0.2, 0.25) is 0 Å². The summed E-state index contributed by atoms with van der Waals surface area (Å²) >= 11 is 6.07. The van der Waals surface area contributed by atoms with Crippen molar-refractivity contribution in [1.82, 2.24) is 5.32 Å². The first-order chi connectivity index (χ1) is 9.62. The van der Waals surface area contributed by atoms with Crippen LogP contribution in [-0.4, -0.2) is 31.5 Å². The fraction of sp³-hybridized carbons (Fsp3) is 0.533. The van der Waals surface area contributed by atoms with Crippen LogP contribution in [0.5, 0.6) is 11.5 Å². The first kappa shape index (κ1) is 15.0. The highest BCUT2D eigenvalue weighted by atomic mass is 35.5. The van der Waals surface area contributed by atoms with Crippen molar-refractivity contribution in [2.75, 3.05) is 14.2 Å². The minimum absolute atomic E-state index is 0.0970. The summed E-state index contributed by atoms with van der Waals surface area (Å²) in [5.41, 5.74) is 0.550. The van der Waals surface area contributed by atoms with Gasteiger partial charge in [0, 0.05) is 23.0 Å². The van der Waals surface area contributed by atoms with Crippen molar-refractivity contribution >= 4 is 17.5 Å². The molecular formula is C15H20ClNO3. The van der Waals surface area contributed by atoms with Crippen molar-refractivity contribution in [3.8, 4) is 11.5 Å². The number of carbonyl (C=O) groups excluding carboxylic acids is 1. The molecule has 1 aromatic carbocycles. The van der Waals surface area contributed by atoms with Crippen molar-refractivity contribution in [2.24, 2.45) is 0 Å². The molecule has 1 N–H and O–H groups in total. The van der Waals surface area contributed by atoms with E-state index in [1.54, 1.807) is 32.4 Å². The molecule has 1 amide bonds. The van der Waals surface area contributed by atoms with Crippen LogP contribution in [0, 0.1) is 0 Å². The second kappa shape index (κ2) is 6.84. The van der Waals surface area contributed by atoms with Gasteiger partial charge in [0.1, 0.15) is 11.5 Å². The lowest BCUT2D eigenvalue weighted by atomic mass is 9.95. The molecule has 2 rings (SSSR count). The van der Waals surface area contributed by atoms with Gasteiger partial charge in [0.2, 0.25) is 0 Å². The van der Waals surface area contributed by atoms with Crippen LogP contribution in [0.25, 0.3) is 0 Å². The lowest BCUT2D eigenvalue weighted by Crippen LogP contribution is -2.37. The third-order valence-corrected chi connectivity index (χ3v) is 4.04. The molecule has 0 atom stereocenters. The number of halogens is 1. The average molecular weight is 298 g/mol. The summed E-state index contributed by atoms with van der Waals surface area (Å²) in [6.45, 7) is 0. The van der Waals surface area contributed by atoms with Crippen LogP contribution in [0.15, 0.2) is 18.2 Å². The molecule has 0 heterocycles. The van der Waals surface area contributed by atoms with Gasteiger partial charge in [-0.15, -0.1) is 11.6 Å². The Hall–Kier alpha value is -1.42. The van der Waals surface area contributed by atoms with Gasteiger partial charge < -0.3 is 14.8 Å². The Morgan fingerprint density at radius 3 is 2.15 bits per heavy atom. The maximum absolute atomic E-state index is 12.3. The topological polar surface area (TPSA) is 47.6 Å². The van der Waals surface area contributed by atoms with Crippen molar-refractivity contribution in [2.45, 2.75) is 37.1 Å². The van der Waals surface area contributed by atoms with Crippen molar-refractivity contribution in [3.05, 3.63) is 23.8 Å². The molecule has 0 aromatic heterocycles. The Bertz CT molecular complexity index is 448. The number of carbonyl (C=O) groups is 1. The molecule has 0 radical (unpaired) electrons. The monoisotopic (exact) mass is 297 g/mol. The zero-order valence-corrected chi connectivity index (χ0v) is 12.6. The van der Waals surface area contributed by atoms with E-state index in [0.29, 0.717) is 17.1 Å². The molecular weight excluding hydrogens is 278 g/mol. The van der Waals surface area contributed by atoms with E-state index in [-0.39, 0.29) is 17.3 Å². The number of amides is 1. The van der Waals surface area contributed by atoms with Crippen LogP contribution in [0.4, 0.5) is 0 Å². The zero-order valence-electron chi connectivity index (χ0n) is 11.8. The molecule has 1 aliphatic rings. The number of methoxy groups -OCH3 is 2. The first-order valence-corrected chi connectivity index (χ1v) is 7.24. The van der Waals surface area contributed by atoms with Gasteiger partial charge in [-0.2, -0.15) is 0 Å². The molecule has 110 valence electrons. The molecule has 1 aromatic rings. The van der Waals surface area contributed by atoms with Crippen LogP contribution in [-0.2, 0) is 0 Å². The van der Waals surface area contributed by atoms with Gasteiger partial charge in [-0.05, 0) is 37.8 Å². The molecule has 0 bridgehead atoms. The summed E-state index contributed by atoms with van der Waals surface area (Å²) in [7, 11) is 3.14. The summed E-state index contributed by atoms with van der Waals surface area (Å²) < 4.78 is 10.3. The van der Waals surface area contributed by atoms with E-state index in [2.05, 4.69) is 5.32 Å². The Morgan fingerprint density at radius 1 is 1.10 bits per heavy atom. The highest BCUT2D eigenvalue weighted by molar-refractivity contribution is 6.20. The second-order valence-corrected chi connectivity index (χ2v) is 5.64. The van der Waals surface area contributed by atoms with E-state index in [4.69, 9.17) is 21.1 Å². The van der Waals surface area contributed by atoms with Crippen molar-refractivity contribution in [3.63, 3.8) is 0 Å². The van der Waals surface area contributed by atoms with E-state index < -0.39 is 0 Å². The highest BCUT2D eigenvalue weighted by Gasteiger charge is 2.21. The van der Waals surface area contributed by atoms with E-state index >= 15 is 0 Å². The van der Waals surface area contributed by atoms with Gasteiger partial charge >= 0.3 is 0 Å². The van der Waals surface area contributed by atoms with Crippen LogP contribution >= 0.6 is 11.6 Å². The second-order valence-electron chi connectivity index (χ2n) is 5.02. The standard InChI is InChI=1S/C15H20ClNO3/c1-19-13-7-10(8-14(9-13)20-2)15(18)17-12-5-3-11(16)4-6-12/h7-9,11-12H,3-6H2,1-2H3,(H,17,18). The molecule has 0 saturated heterocycles. The lowest BCUT2D eigenvalue weighted by molar-refractivity contribution is 0.0927. The summed E-state index contributed by atoms with van der Waals surface area (Å²) in [5, 5.41) is 3.30. The molecule has 0 spiro atoms. The van der Waals surface area contributed by atoms with Gasteiger partial charge in [-0.1, -0.05) is 0 Å². The fourth-order valence-corrected chi connectivity index (χ4v) is 2.66. The fourth-order valence-electron chi connectivity index (χ4n) is 2.40. The molecule has 4 nitrogen and oxygen atoms in total. The predicted octanol–water partition coefficient (Wildman–Crippen LogP) is 2.98. The van der Waals surface area contributed by atoms with Crippen molar-refractivity contribution < 1.29 is 14.3 Å². The number of rotatable bonds is 4. The smallest absolute Gasteiger partial charge is 0.251 e. The molecule has 20 heavy (non-hydrogen) atoms. The molecule has 5 heteroatoms. The third-order valence-electron chi connectivity index (χ3n) is 3.61. The Balaban J connectivity index is 2.04. The highest BCUT2D eigenvalue weighted by Crippen LogP contribution is 2.25. The van der Waals surface area contributed by atoms with Crippen LogP contribution in [0.1, 0.15) is 36.0 Å². The van der Waals surface area contributed by atoms with Gasteiger partial charge in [-0.3, -0.25) is 4.79 Å². The Labute approximate surface area is 124 Å². The normalized spacial score (nSPS) is 22.1. The number of alkyl halides is 1. The number of ether oxygens (including phenoxy) is 2. The van der Waals surface area contributed by atoms with E-state index in [9.17, 15) is 4.79 Å². The lowest BCUT2D eigenvalue weighted by Gasteiger charge is -2.25. The Kier molecular flexibility index (Phi) is 5.12. The summed E-state index contributed by atoms with van der Waals surface area (Å²) in [4.78, 5) is 12.3. The van der Waals surface area contributed by atoms with Gasteiger partial charge in [0.05, 0.1) is 14.2 Å². The molecule has 0 unspecified atom stereocenters. The van der Waals surface area contributed by atoms with E-state index in [0.717, 1.165) is 25.7 Å². The van der Waals surface area contributed by atoms with E-state index in [1.165, 1.54) is 0 Å². The number of hydrogen-bond donors (Lipinski definition) is 1. The summed E-state index contributed by atoms with van der Waals surface area (Å²) in [6, 6.07) is 5.38. The van der Waals surface area contributed by atoms with Gasteiger partial charge in [0.15, 0.2) is 0 Å². The first-order valence-electron chi connectivity index (χ1n) is 6.80. The number of hydrogen-bond acceptors (Lipinski definition) is 3. The van der Waals surface area contributed by atoms with Gasteiger partial charge in [-0.25, -0.2) is 0 Å². The zero-order chi connectivity index (χ0) is 14.5. The number of benzene rings is 1. The molecule has 0 aliphatic heterocycles. The molecule has 1 saturated carbocycles. The minimum atomic E-state index is -0.0970. The maximum Gasteiger partial charge on any atom is 0.251 e. The minimum Gasteiger partial charge on any atom is -0.497 e. The van der Waals surface area contributed by atoms with Gasteiger partial charge in [0.25, 0.3) is 5.91 Å². The largest absolute Gasteiger partial charge is 0.497 e. The van der Waals surface area contributed by atoms with Crippen LogP contribution in [0.3, 0.4) is 0 Å². The Morgan fingerprint density at radius 2 is 1.65 bits per heavy atom. The maximum atomic E-state index is 12.3. The number of nitrogens with one attached hydrogen (secondary N) is 1. The third kappa shape index (κ3) is 3.79. The van der Waals surface area contributed by atoms with Crippen molar-refractivity contribution in [1.29, 1.82) is 0 Å².